The Labute approximate surface area is 226 Å². The lowest BCUT2D eigenvalue weighted by molar-refractivity contribution is -0.137. The number of aliphatic carboxylic acids is 1. The van der Waals surface area contributed by atoms with Gasteiger partial charge in [0, 0.05) is 38.2 Å². The lowest BCUT2D eigenvalue weighted by Crippen LogP contribution is -2.40. The number of nitrogen functional groups attached to an aromatic ring is 1. The van der Waals surface area contributed by atoms with E-state index < -0.39 is 5.97 Å². The van der Waals surface area contributed by atoms with Crippen LogP contribution in [0.3, 0.4) is 0 Å². The molecule has 1 atom stereocenters. The summed E-state index contributed by atoms with van der Waals surface area (Å²) in [6.07, 6.45) is -0.0104. The number of hydrazine groups is 1. The Hall–Kier alpha value is -3.55. The van der Waals surface area contributed by atoms with Crippen LogP contribution >= 0.6 is 0 Å². The Morgan fingerprint density at radius 3 is 2.58 bits per heavy atom. The molecule has 1 heterocycles. The first kappa shape index (κ1) is 27.5. The van der Waals surface area contributed by atoms with Crippen molar-refractivity contribution >= 4 is 17.3 Å². The first-order valence-electron chi connectivity index (χ1n) is 13.1. The number of carboxylic acids is 1. The van der Waals surface area contributed by atoms with Crippen LogP contribution < -0.4 is 21.3 Å². The van der Waals surface area contributed by atoms with E-state index in [4.69, 9.17) is 10.6 Å². The number of anilines is 2. The van der Waals surface area contributed by atoms with Crippen molar-refractivity contribution in [2.75, 3.05) is 24.3 Å². The van der Waals surface area contributed by atoms with Gasteiger partial charge in [-0.15, -0.1) is 0 Å². The zero-order valence-electron chi connectivity index (χ0n) is 23.3. The minimum absolute atomic E-state index is 0.0104. The maximum atomic E-state index is 12.0. The molecule has 0 bridgehead atoms. The van der Waals surface area contributed by atoms with Gasteiger partial charge in [-0.2, -0.15) is 0 Å². The number of rotatable bonds is 8. The second kappa shape index (κ2) is 11.1. The molecule has 0 fully saturated rings. The van der Waals surface area contributed by atoms with Crippen LogP contribution in [0, 0.1) is 20.8 Å². The Bertz CT molecular complexity index is 1330. The summed E-state index contributed by atoms with van der Waals surface area (Å²) in [7, 11) is 1.84. The molecule has 0 saturated carbocycles. The summed E-state index contributed by atoms with van der Waals surface area (Å²) < 4.78 is 6.41. The summed E-state index contributed by atoms with van der Waals surface area (Å²) in [5, 5.41) is 13.0. The van der Waals surface area contributed by atoms with E-state index in [2.05, 4.69) is 79.7 Å². The van der Waals surface area contributed by atoms with Gasteiger partial charge in [-0.1, -0.05) is 36.4 Å². The van der Waals surface area contributed by atoms with Crippen LogP contribution in [-0.4, -0.2) is 35.2 Å². The van der Waals surface area contributed by atoms with Gasteiger partial charge >= 0.3 is 5.97 Å². The number of fused-ring (bicyclic) bond motifs is 1. The highest BCUT2D eigenvalue weighted by Gasteiger charge is 2.30. The standard InChI is InChI=1S/C31H40N4O3/c1-19-7-9-23-16-35(18-31(4,5)38-28(23)13-19)17-24-14-22(10-8-20(24)2)26(15-29(36)37)25-11-12-27(33-6)30(34-32)21(25)3/h7-14,26,33-34H,15-18,32H2,1-6H3,(H,36,37)/t26-/m0/s1. The van der Waals surface area contributed by atoms with Gasteiger partial charge < -0.3 is 20.6 Å². The van der Waals surface area contributed by atoms with Crippen molar-refractivity contribution in [1.29, 1.82) is 0 Å². The fraction of sp³-hybridized carbons (Fsp3) is 0.387. The molecule has 38 heavy (non-hydrogen) atoms. The maximum Gasteiger partial charge on any atom is 0.304 e. The van der Waals surface area contributed by atoms with Crippen molar-refractivity contribution in [2.24, 2.45) is 5.84 Å². The first-order chi connectivity index (χ1) is 18.0. The van der Waals surface area contributed by atoms with Crippen molar-refractivity contribution in [2.45, 2.75) is 65.6 Å². The summed E-state index contributed by atoms with van der Waals surface area (Å²) in [5.74, 6) is 5.65. The minimum atomic E-state index is -0.838. The van der Waals surface area contributed by atoms with Gasteiger partial charge in [0.05, 0.1) is 17.8 Å². The predicted molar refractivity (Wildman–Crippen MR) is 154 cm³/mol. The molecule has 7 nitrogen and oxygen atoms in total. The fourth-order valence-corrected chi connectivity index (χ4v) is 5.57. The molecule has 3 aromatic carbocycles. The number of nitrogens with two attached hydrogens (primary N) is 1. The molecule has 0 radical (unpaired) electrons. The van der Waals surface area contributed by atoms with E-state index in [0.29, 0.717) is 0 Å². The number of nitrogens with one attached hydrogen (secondary N) is 2. The first-order valence-corrected chi connectivity index (χ1v) is 13.1. The summed E-state index contributed by atoms with van der Waals surface area (Å²) >= 11 is 0. The second-order valence-corrected chi connectivity index (χ2v) is 11.1. The third-order valence-electron chi connectivity index (χ3n) is 7.45. The Morgan fingerprint density at radius 2 is 1.89 bits per heavy atom. The third kappa shape index (κ3) is 5.95. The molecule has 202 valence electrons. The van der Waals surface area contributed by atoms with E-state index >= 15 is 0 Å². The molecular formula is C31H40N4O3. The average molecular weight is 517 g/mol. The van der Waals surface area contributed by atoms with Crippen LogP contribution in [0.25, 0.3) is 0 Å². The molecule has 1 aliphatic heterocycles. The number of benzene rings is 3. The number of nitrogens with zero attached hydrogens (tertiary/aromatic N) is 1. The topological polar surface area (TPSA) is 99.8 Å². The zero-order valence-corrected chi connectivity index (χ0v) is 23.3. The molecule has 0 unspecified atom stereocenters. The number of carboxylic acid groups (broad SMARTS) is 1. The van der Waals surface area contributed by atoms with Gasteiger partial charge in [0.2, 0.25) is 0 Å². The van der Waals surface area contributed by atoms with Crippen LogP contribution in [0.15, 0.2) is 48.5 Å². The highest BCUT2D eigenvalue weighted by Crippen LogP contribution is 2.38. The van der Waals surface area contributed by atoms with Crippen molar-refractivity contribution in [3.63, 3.8) is 0 Å². The van der Waals surface area contributed by atoms with E-state index in [1.165, 1.54) is 22.3 Å². The van der Waals surface area contributed by atoms with Crippen molar-refractivity contribution in [3.05, 3.63) is 87.5 Å². The molecule has 4 rings (SSSR count). The van der Waals surface area contributed by atoms with Gasteiger partial charge in [-0.05, 0) is 80.1 Å². The lowest BCUT2D eigenvalue weighted by atomic mass is 9.84. The fourth-order valence-electron chi connectivity index (χ4n) is 5.57. The zero-order chi connectivity index (χ0) is 27.6. The van der Waals surface area contributed by atoms with Crippen LogP contribution in [0.5, 0.6) is 5.75 Å². The van der Waals surface area contributed by atoms with E-state index in [0.717, 1.165) is 53.4 Å². The highest BCUT2D eigenvalue weighted by molar-refractivity contribution is 5.75. The maximum absolute atomic E-state index is 12.0. The van der Waals surface area contributed by atoms with E-state index in [9.17, 15) is 9.90 Å². The number of hydrogen-bond acceptors (Lipinski definition) is 6. The van der Waals surface area contributed by atoms with E-state index in [1.807, 2.05) is 26.1 Å². The van der Waals surface area contributed by atoms with Crippen molar-refractivity contribution in [3.8, 4) is 5.75 Å². The number of hydrogen-bond donors (Lipinski definition) is 4. The van der Waals surface area contributed by atoms with Crippen LogP contribution in [0.1, 0.15) is 65.1 Å². The molecule has 0 aromatic heterocycles. The normalized spacial score (nSPS) is 15.7. The molecule has 1 aliphatic rings. The SMILES string of the molecule is CNc1ccc([C@@H](CC(=O)O)c2ccc(C)c(CN3Cc4ccc(C)cc4OC(C)(C)C3)c2)c(C)c1NN. The van der Waals surface area contributed by atoms with Crippen LogP contribution in [0.4, 0.5) is 11.4 Å². The monoisotopic (exact) mass is 516 g/mol. The van der Waals surface area contributed by atoms with Gasteiger partial charge in [0.25, 0.3) is 0 Å². The molecule has 3 aromatic rings. The minimum Gasteiger partial charge on any atom is -0.486 e. The van der Waals surface area contributed by atoms with Gasteiger partial charge in [0.15, 0.2) is 0 Å². The second-order valence-electron chi connectivity index (χ2n) is 11.1. The van der Waals surface area contributed by atoms with Gasteiger partial charge in [-0.25, -0.2) is 0 Å². The lowest BCUT2D eigenvalue weighted by Gasteiger charge is -2.30. The quantitative estimate of drug-likeness (QED) is 0.224. The summed E-state index contributed by atoms with van der Waals surface area (Å²) in [6, 6.07) is 16.7. The highest BCUT2D eigenvalue weighted by atomic mass is 16.5. The van der Waals surface area contributed by atoms with E-state index in [-0.39, 0.29) is 17.9 Å². The Balaban J connectivity index is 1.71. The largest absolute Gasteiger partial charge is 0.486 e. The molecular weight excluding hydrogens is 476 g/mol. The number of ether oxygens (including phenoxy) is 1. The molecule has 0 aliphatic carbocycles. The van der Waals surface area contributed by atoms with Crippen molar-refractivity contribution < 1.29 is 14.6 Å². The molecule has 7 heteroatoms. The average Bonchev–Trinajstić information content (AvgIpc) is 2.97. The van der Waals surface area contributed by atoms with Gasteiger partial charge in [0.1, 0.15) is 11.4 Å². The predicted octanol–water partition coefficient (Wildman–Crippen LogP) is 5.72. The van der Waals surface area contributed by atoms with Crippen molar-refractivity contribution in [1.82, 2.24) is 4.90 Å². The Kier molecular flexibility index (Phi) is 7.99. The summed E-state index contributed by atoms with van der Waals surface area (Å²) in [4.78, 5) is 14.4. The van der Waals surface area contributed by atoms with Gasteiger partial charge in [-0.3, -0.25) is 15.5 Å². The number of carbonyl (C=O) groups is 1. The smallest absolute Gasteiger partial charge is 0.304 e. The van der Waals surface area contributed by atoms with Crippen LogP contribution in [-0.2, 0) is 17.9 Å². The van der Waals surface area contributed by atoms with E-state index in [1.54, 1.807) is 0 Å². The molecule has 0 saturated heterocycles. The van der Waals surface area contributed by atoms with Crippen LogP contribution in [0.2, 0.25) is 0 Å². The third-order valence-corrected chi connectivity index (χ3v) is 7.45. The number of aryl methyl sites for hydroxylation is 2. The molecule has 5 N–H and O–H groups in total. The Morgan fingerprint density at radius 1 is 1.13 bits per heavy atom. The summed E-state index contributed by atoms with van der Waals surface area (Å²) in [5.41, 5.74) is 11.7. The summed E-state index contributed by atoms with van der Waals surface area (Å²) in [6.45, 7) is 12.7. The molecule has 0 amide bonds. The molecule has 0 spiro atoms.